The van der Waals surface area contributed by atoms with Crippen LogP contribution in [0.25, 0.3) is 0 Å². The Bertz CT molecular complexity index is 498. The molecule has 15 heavy (non-hydrogen) atoms. The van der Waals surface area contributed by atoms with Crippen LogP contribution in [0.15, 0.2) is 47.5 Å². The molecule has 5 rings (SSSR count). The standard InChI is InChI=1S/C14H11Cl/c15-13-7-12-10-5-6-11(14(12)13)9-4-2-1-3-8(9)10/h1-7,10-12,14H/t10-,11+,12-,14-/m1/s1. The Morgan fingerprint density at radius 3 is 2.33 bits per heavy atom. The summed E-state index contributed by atoms with van der Waals surface area (Å²) in [7, 11) is 0. The zero-order valence-corrected chi connectivity index (χ0v) is 8.98. The molecular formula is C14H11Cl. The van der Waals surface area contributed by atoms with E-state index in [1.54, 1.807) is 0 Å². The van der Waals surface area contributed by atoms with E-state index in [9.17, 15) is 0 Å². The molecule has 0 N–H and O–H groups in total. The van der Waals surface area contributed by atoms with Crippen molar-refractivity contribution in [3.05, 3.63) is 58.7 Å². The third-order valence-electron chi connectivity index (χ3n) is 4.13. The Balaban J connectivity index is 1.96. The molecule has 0 unspecified atom stereocenters. The van der Waals surface area contributed by atoms with E-state index in [4.69, 9.17) is 11.6 Å². The minimum absolute atomic E-state index is 0.536. The van der Waals surface area contributed by atoms with Gasteiger partial charge < -0.3 is 0 Å². The lowest BCUT2D eigenvalue weighted by Gasteiger charge is -2.50. The molecule has 4 aliphatic carbocycles. The van der Waals surface area contributed by atoms with Gasteiger partial charge in [0, 0.05) is 22.8 Å². The number of rotatable bonds is 0. The molecule has 1 heteroatoms. The highest BCUT2D eigenvalue weighted by atomic mass is 35.5. The van der Waals surface area contributed by atoms with Crippen LogP contribution in [-0.4, -0.2) is 0 Å². The van der Waals surface area contributed by atoms with Gasteiger partial charge in [-0.3, -0.25) is 0 Å². The number of benzene rings is 1. The van der Waals surface area contributed by atoms with Crippen LogP contribution < -0.4 is 0 Å². The maximum absolute atomic E-state index is 6.21. The van der Waals surface area contributed by atoms with E-state index in [1.165, 1.54) is 11.1 Å². The first-order valence-corrected chi connectivity index (χ1v) is 5.88. The summed E-state index contributed by atoms with van der Waals surface area (Å²) in [6, 6.07) is 8.81. The molecule has 74 valence electrons. The zero-order valence-electron chi connectivity index (χ0n) is 8.23. The summed E-state index contributed by atoms with van der Waals surface area (Å²) in [6.07, 6.45) is 6.96. The predicted octanol–water partition coefficient (Wildman–Crippen LogP) is 3.81. The third kappa shape index (κ3) is 0.849. The molecule has 0 saturated heterocycles. The molecule has 0 aliphatic heterocycles. The van der Waals surface area contributed by atoms with Crippen molar-refractivity contribution in [3.63, 3.8) is 0 Å². The molecule has 0 fully saturated rings. The van der Waals surface area contributed by atoms with E-state index in [2.05, 4.69) is 42.5 Å². The topological polar surface area (TPSA) is 0 Å². The van der Waals surface area contributed by atoms with Crippen molar-refractivity contribution in [1.29, 1.82) is 0 Å². The number of allylic oxidation sites excluding steroid dienone is 4. The van der Waals surface area contributed by atoms with Gasteiger partial charge in [0.25, 0.3) is 0 Å². The minimum atomic E-state index is 0.536. The van der Waals surface area contributed by atoms with Crippen molar-refractivity contribution < 1.29 is 0 Å². The van der Waals surface area contributed by atoms with Crippen molar-refractivity contribution >= 4 is 11.6 Å². The molecule has 4 aliphatic rings. The van der Waals surface area contributed by atoms with Crippen LogP contribution in [0.2, 0.25) is 0 Å². The van der Waals surface area contributed by atoms with Gasteiger partial charge in [0.05, 0.1) is 0 Å². The highest BCUT2D eigenvalue weighted by Crippen LogP contribution is 2.60. The van der Waals surface area contributed by atoms with E-state index >= 15 is 0 Å². The fourth-order valence-electron chi connectivity index (χ4n) is 3.42. The van der Waals surface area contributed by atoms with E-state index in [0.717, 1.165) is 5.03 Å². The van der Waals surface area contributed by atoms with Crippen LogP contribution in [0.3, 0.4) is 0 Å². The van der Waals surface area contributed by atoms with Crippen LogP contribution >= 0.6 is 11.6 Å². The maximum Gasteiger partial charge on any atom is 0.0190 e. The van der Waals surface area contributed by atoms with Crippen molar-refractivity contribution in [2.75, 3.05) is 0 Å². The molecule has 0 nitrogen and oxygen atoms in total. The van der Waals surface area contributed by atoms with Crippen LogP contribution in [0.5, 0.6) is 0 Å². The largest absolute Gasteiger partial charge is 0.0891 e. The molecule has 2 bridgehead atoms. The highest BCUT2D eigenvalue weighted by molar-refractivity contribution is 6.30. The number of halogens is 1. The molecule has 4 atom stereocenters. The predicted molar refractivity (Wildman–Crippen MR) is 62.0 cm³/mol. The first kappa shape index (κ1) is 8.18. The molecular weight excluding hydrogens is 204 g/mol. The second kappa shape index (κ2) is 2.56. The van der Waals surface area contributed by atoms with Crippen molar-refractivity contribution in [3.8, 4) is 0 Å². The lowest BCUT2D eigenvalue weighted by molar-refractivity contribution is 0.309. The smallest absolute Gasteiger partial charge is 0.0190 e. The molecule has 0 spiro atoms. The highest BCUT2D eigenvalue weighted by Gasteiger charge is 2.48. The average Bonchev–Trinajstić information content (AvgIpc) is 2.27. The minimum Gasteiger partial charge on any atom is -0.0891 e. The average molecular weight is 215 g/mol. The Morgan fingerprint density at radius 2 is 1.60 bits per heavy atom. The molecule has 1 aromatic carbocycles. The summed E-state index contributed by atoms with van der Waals surface area (Å²) < 4.78 is 0. The molecule has 0 aromatic heterocycles. The SMILES string of the molecule is ClC1=C[C@H]2[C@H]1[C@H]1C=C[C@@H]2c2ccccc21. The van der Waals surface area contributed by atoms with Gasteiger partial charge in [-0.15, -0.1) is 0 Å². The Kier molecular flexibility index (Phi) is 1.40. The number of hydrogen-bond donors (Lipinski definition) is 0. The normalized spacial score (nSPS) is 39.1. The summed E-state index contributed by atoms with van der Waals surface area (Å²) in [6.45, 7) is 0. The van der Waals surface area contributed by atoms with Gasteiger partial charge in [0.1, 0.15) is 0 Å². The van der Waals surface area contributed by atoms with E-state index in [1.807, 2.05) is 0 Å². The van der Waals surface area contributed by atoms with E-state index in [-0.39, 0.29) is 0 Å². The summed E-state index contributed by atoms with van der Waals surface area (Å²) in [4.78, 5) is 0. The lowest BCUT2D eigenvalue weighted by Crippen LogP contribution is -2.39. The van der Waals surface area contributed by atoms with Gasteiger partial charge in [0.2, 0.25) is 0 Å². The Hall–Kier alpha value is -1.01. The van der Waals surface area contributed by atoms with Crippen LogP contribution in [0.1, 0.15) is 23.0 Å². The van der Waals surface area contributed by atoms with Crippen molar-refractivity contribution in [2.24, 2.45) is 11.8 Å². The van der Waals surface area contributed by atoms with Gasteiger partial charge in [-0.2, -0.15) is 0 Å². The second-order valence-corrected chi connectivity index (χ2v) is 5.16. The number of hydrogen-bond acceptors (Lipinski definition) is 0. The second-order valence-electron chi connectivity index (χ2n) is 4.72. The summed E-state index contributed by atoms with van der Waals surface area (Å²) in [5, 5.41) is 1.08. The van der Waals surface area contributed by atoms with Crippen molar-refractivity contribution in [1.82, 2.24) is 0 Å². The van der Waals surface area contributed by atoms with Crippen LogP contribution in [0, 0.1) is 11.8 Å². The first-order chi connectivity index (χ1) is 7.36. The zero-order chi connectivity index (χ0) is 9.99. The Labute approximate surface area is 94.3 Å². The molecule has 0 amide bonds. The fraction of sp³-hybridized carbons (Fsp3) is 0.286. The van der Waals surface area contributed by atoms with Gasteiger partial charge >= 0.3 is 0 Å². The molecule has 0 saturated carbocycles. The van der Waals surface area contributed by atoms with Gasteiger partial charge in [-0.1, -0.05) is 54.1 Å². The monoisotopic (exact) mass is 214 g/mol. The van der Waals surface area contributed by atoms with Gasteiger partial charge in [-0.05, 0) is 17.0 Å². The van der Waals surface area contributed by atoms with Crippen molar-refractivity contribution in [2.45, 2.75) is 11.8 Å². The Morgan fingerprint density at radius 1 is 0.933 bits per heavy atom. The van der Waals surface area contributed by atoms with Crippen LogP contribution in [-0.2, 0) is 0 Å². The molecule has 0 radical (unpaired) electrons. The summed E-state index contributed by atoms with van der Waals surface area (Å²) in [5.41, 5.74) is 3.02. The molecule has 0 heterocycles. The fourth-order valence-corrected chi connectivity index (χ4v) is 3.84. The summed E-state index contributed by atoms with van der Waals surface area (Å²) in [5.74, 6) is 2.37. The van der Waals surface area contributed by atoms with Crippen LogP contribution in [0.4, 0.5) is 0 Å². The van der Waals surface area contributed by atoms with Gasteiger partial charge in [-0.25, -0.2) is 0 Å². The summed E-state index contributed by atoms with van der Waals surface area (Å²) >= 11 is 6.21. The van der Waals surface area contributed by atoms with E-state index in [0.29, 0.717) is 23.7 Å². The quantitative estimate of drug-likeness (QED) is 0.577. The lowest BCUT2D eigenvalue weighted by atomic mass is 9.55. The first-order valence-electron chi connectivity index (χ1n) is 5.50. The molecule has 1 aromatic rings. The third-order valence-corrected chi connectivity index (χ3v) is 4.50. The maximum atomic E-state index is 6.21. The van der Waals surface area contributed by atoms with E-state index < -0.39 is 0 Å². The van der Waals surface area contributed by atoms with Gasteiger partial charge in [0.15, 0.2) is 0 Å².